The maximum absolute atomic E-state index is 13.3. The van der Waals surface area contributed by atoms with Crippen LogP contribution in [0.3, 0.4) is 0 Å². The first kappa shape index (κ1) is 31.7. The second kappa shape index (κ2) is 13.4. The van der Waals surface area contributed by atoms with Crippen LogP contribution in [0.15, 0.2) is 36.4 Å². The van der Waals surface area contributed by atoms with Crippen molar-refractivity contribution in [3.63, 3.8) is 0 Å². The van der Waals surface area contributed by atoms with Gasteiger partial charge in [-0.15, -0.1) is 0 Å². The molecule has 6 unspecified atom stereocenters. The number of carbonyl (C=O) groups excluding carboxylic acids is 2. The van der Waals surface area contributed by atoms with Gasteiger partial charge in [-0.05, 0) is 22.9 Å². The quantitative estimate of drug-likeness (QED) is 0.153. The average Bonchev–Trinajstić information content (AvgIpc) is 2.97. The number of carboxylic acids is 1. The summed E-state index contributed by atoms with van der Waals surface area (Å²) in [5.74, 6) is -2.85. The number of methoxy groups -OCH3 is 1. The lowest BCUT2D eigenvalue weighted by molar-refractivity contribution is -0.336. The first-order chi connectivity index (χ1) is 20.0. The van der Waals surface area contributed by atoms with Gasteiger partial charge in [0.25, 0.3) is 5.91 Å². The van der Waals surface area contributed by atoms with Crippen molar-refractivity contribution >= 4 is 28.6 Å². The van der Waals surface area contributed by atoms with Crippen LogP contribution in [0.5, 0.6) is 0 Å². The van der Waals surface area contributed by atoms with Gasteiger partial charge in [-0.2, -0.15) is 0 Å². The molecule has 15 nitrogen and oxygen atoms in total. The van der Waals surface area contributed by atoms with Crippen molar-refractivity contribution in [1.82, 2.24) is 10.6 Å². The fourth-order valence-corrected chi connectivity index (χ4v) is 5.18. The monoisotopic (exact) mass is 594 g/mol. The molecule has 10 atom stereocenters. The Bertz CT molecular complexity index is 1290. The summed E-state index contributed by atoms with van der Waals surface area (Å²) in [6, 6.07) is 6.76. The Balaban J connectivity index is 1.60. The summed E-state index contributed by atoms with van der Waals surface area (Å²) in [5, 5.41) is 68.5. The highest BCUT2D eigenvalue weighted by Gasteiger charge is 2.51. The van der Waals surface area contributed by atoms with E-state index in [4.69, 9.17) is 18.9 Å². The number of carboxylic acid groups (broad SMARTS) is 1. The molecule has 2 aromatic rings. The van der Waals surface area contributed by atoms with Gasteiger partial charge in [0.15, 0.2) is 12.6 Å². The van der Waals surface area contributed by atoms with Crippen LogP contribution in [0.2, 0.25) is 0 Å². The van der Waals surface area contributed by atoms with Crippen LogP contribution in [0, 0.1) is 0 Å². The third-order valence-electron chi connectivity index (χ3n) is 7.29. The summed E-state index contributed by atoms with van der Waals surface area (Å²) in [6.45, 7) is -0.250. The highest BCUT2D eigenvalue weighted by Crippen LogP contribution is 2.30. The molecule has 15 heteroatoms. The van der Waals surface area contributed by atoms with Gasteiger partial charge >= 0.3 is 5.97 Å². The van der Waals surface area contributed by atoms with E-state index in [9.17, 15) is 45.0 Å². The summed E-state index contributed by atoms with van der Waals surface area (Å²) in [6.07, 6.45) is -12.0. The summed E-state index contributed by atoms with van der Waals surface area (Å²) >= 11 is 0. The van der Waals surface area contributed by atoms with Crippen molar-refractivity contribution in [2.45, 2.75) is 68.2 Å². The standard InChI is InChI=1S/C27H34N2O13/c1-11(32)28-19-21(34)23(17(10-31)41-26(19)39-2)42-27-22(35)18(20(33)16(9-30)40-27)29-24(36)14-7-12-5-3-4-6-13(12)8-15(14)25(37)38/h3-8,16-23,26-27,30-31,33-35H,9-10H2,1-2H3,(H,28,32)(H,29,36)(H,37,38)/t16?,17?,18?,19?,20-,21?,22?,23+,26+,27-/m0/s1. The Morgan fingerprint density at radius 1 is 0.833 bits per heavy atom. The molecule has 42 heavy (non-hydrogen) atoms. The number of hydrogen-bond acceptors (Lipinski definition) is 12. The minimum Gasteiger partial charge on any atom is -0.478 e. The van der Waals surface area contributed by atoms with Crippen LogP contribution < -0.4 is 10.6 Å². The topological polar surface area (TPSA) is 234 Å². The molecule has 2 fully saturated rings. The number of aliphatic hydroxyl groups excluding tert-OH is 5. The molecular formula is C27H34N2O13. The molecule has 0 saturated carbocycles. The summed E-state index contributed by atoms with van der Waals surface area (Å²) < 4.78 is 22.1. The molecule has 230 valence electrons. The number of carbonyl (C=O) groups is 3. The van der Waals surface area contributed by atoms with E-state index in [1.165, 1.54) is 26.2 Å². The first-order valence-corrected chi connectivity index (χ1v) is 13.1. The zero-order valence-corrected chi connectivity index (χ0v) is 22.7. The molecule has 0 radical (unpaired) electrons. The molecule has 2 saturated heterocycles. The van der Waals surface area contributed by atoms with E-state index in [1.807, 2.05) is 0 Å². The van der Waals surface area contributed by atoms with Gasteiger partial charge in [-0.3, -0.25) is 9.59 Å². The predicted octanol–water partition coefficient (Wildman–Crippen LogP) is -2.31. The molecule has 0 bridgehead atoms. The largest absolute Gasteiger partial charge is 0.478 e. The fourth-order valence-electron chi connectivity index (χ4n) is 5.18. The Morgan fingerprint density at radius 2 is 1.43 bits per heavy atom. The number of ether oxygens (including phenoxy) is 4. The average molecular weight is 595 g/mol. The molecule has 8 N–H and O–H groups in total. The molecule has 0 aliphatic carbocycles. The van der Waals surface area contributed by atoms with E-state index in [1.54, 1.807) is 24.3 Å². The zero-order valence-electron chi connectivity index (χ0n) is 22.7. The molecule has 2 aromatic carbocycles. The molecule has 0 spiro atoms. The van der Waals surface area contributed by atoms with Crippen molar-refractivity contribution < 1.29 is 64.0 Å². The summed E-state index contributed by atoms with van der Waals surface area (Å²) in [7, 11) is 1.27. The van der Waals surface area contributed by atoms with Gasteiger partial charge < -0.3 is 60.2 Å². The molecule has 2 aliphatic rings. The molecule has 4 rings (SSSR count). The lowest BCUT2D eigenvalue weighted by Crippen LogP contribution is -2.69. The van der Waals surface area contributed by atoms with Gasteiger partial charge in [0, 0.05) is 14.0 Å². The van der Waals surface area contributed by atoms with Crippen LogP contribution in [-0.4, -0.2) is 130 Å². The SMILES string of the molecule is CO[C@@H]1OC(CO)[C@@H](O[C@@H]2OC(CO)[C@H](O)C(NC(=O)c3cc4ccccc4cc3C(=O)O)C2O)C(O)C1NC(C)=O. The lowest BCUT2D eigenvalue weighted by atomic mass is 9.93. The maximum atomic E-state index is 13.3. The fraction of sp³-hybridized carbons (Fsp3) is 0.519. The number of rotatable bonds is 9. The highest BCUT2D eigenvalue weighted by atomic mass is 16.7. The van der Waals surface area contributed by atoms with Gasteiger partial charge in [0.05, 0.1) is 30.4 Å². The Morgan fingerprint density at radius 3 is 1.98 bits per heavy atom. The van der Waals surface area contributed by atoms with Crippen molar-refractivity contribution in [2.24, 2.45) is 0 Å². The minimum atomic E-state index is -1.83. The van der Waals surface area contributed by atoms with Gasteiger partial charge in [-0.1, -0.05) is 24.3 Å². The predicted molar refractivity (Wildman–Crippen MR) is 141 cm³/mol. The van der Waals surface area contributed by atoms with Crippen LogP contribution in [0.4, 0.5) is 0 Å². The Kier molecular flexibility index (Phi) is 10.1. The number of nitrogens with one attached hydrogen (secondary N) is 2. The van der Waals surface area contributed by atoms with Crippen LogP contribution in [0.1, 0.15) is 27.6 Å². The second-order valence-corrected chi connectivity index (χ2v) is 10.0. The lowest BCUT2D eigenvalue weighted by Gasteiger charge is -2.47. The third-order valence-corrected chi connectivity index (χ3v) is 7.29. The van der Waals surface area contributed by atoms with Gasteiger partial charge in [0.2, 0.25) is 5.91 Å². The molecular weight excluding hydrogens is 560 g/mol. The van der Waals surface area contributed by atoms with E-state index < -0.39 is 92.3 Å². The number of aromatic carboxylic acids is 1. The van der Waals surface area contributed by atoms with Crippen LogP contribution in [0.25, 0.3) is 10.8 Å². The van der Waals surface area contributed by atoms with Crippen LogP contribution >= 0.6 is 0 Å². The van der Waals surface area contributed by atoms with E-state index in [0.29, 0.717) is 10.8 Å². The van der Waals surface area contributed by atoms with E-state index >= 15 is 0 Å². The molecule has 2 amide bonds. The molecule has 0 aromatic heterocycles. The number of aliphatic hydroxyl groups is 5. The van der Waals surface area contributed by atoms with Crippen LogP contribution in [-0.2, 0) is 23.7 Å². The maximum Gasteiger partial charge on any atom is 0.336 e. The minimum absolute atomic E-state index is 0.245. The van der Waals surface area contributed by atoms with E-state index in [0.717, 1.165) is 0 Å². The molecule has 2 heterocycles. The highest BCUT2D eigenvalue weighted by molar-refractivity contribution is 6.08. The van der Waals surface area contributed by atoms with Crippen molar-refractivity contribution in [3.05, 3.63) is 47.5 Å². The van der Waals surface area contributed by atoms with Gasteiger partial charge in [-0.25, -0.2) is 4.79 Å². The van der Waals surface area contributed by atoms with Crippen molar-refractivity contribution in [3.8, 4) is 0 Å². The first-order valence-electron chi connectivity index (χ1n) is 13.1. The van der Waals surface area contributed by atoms with E-state index in [2.05, 4.69) is 10.6 Å². The van der Waals surface area contributed by atoms with Gasteiger partial charge in [0.1, 0.15) is 42.7 Å². The Hall–Kier alpha value is -3.25. The zero-order chi connectivity index (χ0) is 30.7. The number of benzene rings is 2. The Labute approximate surface area is 239 Å². The second-order valence-electron chi connectivity index (χ2n) is 10.0. The number of hydrogen-bond donors (Lipinski definition) is 8. The van der Waals surface area contributed by atoms with E-state index in [-0.39, 0.29) is 11.1 Å². The molecule has 2 aliphatic heterocycles. The number of amides is 2. The summed E-state index contributed by atoms with van der Waals surface area (Å²) in [5.41, 5.74) is -0.566. The number of fused-ring (bicyclic) bond motifs is 1. The third kappa shape index (κ3) is 6.39. The summed E-state index contributed by atoms with van der Waals surface area (Å²) in [4.78, 5) is 37.0. The van der Waals surface area contributed by atoms with Crippen molar-refractivity contribution in [2.75, 3.05) is 20.3 Å². The smallest absolute Gasteiger partial charge is 0.336 e. The normalized spacial score (nSPS) is 33.2. The van der Waals surface area contributed by atoms with Crippen molar-refractivity contribution in [1.29, 1.82) is 0 Å².